The van der Waals surface area contributed by atoms with Gasteiger partial charge in [0.05, 0.1) is 5.69 Å². The van der Waals surface area contributed by atoms with Crippen LogP contribution in [0.1, 0.15) is 11.1 Å². The molecule has 0 aliphatic carbocycles. The van der Waals surface area contributed by atoms with Crippen LogP contribution in [0.15, 0.2) is 42.6 Å². The maximum atomic E-state index is 13.0. The topological polar surface area (TPSA) is 124 Å². The number of benzene rings is 1. The summed E-state index contributed by atoms with van der Waals surface area (Å²) >= 11 is 0. The third-order valence-corrected chi connectivity index (χ3v) is 3.48. The van der Waals surface area contributed by atoms with Crippen molar-refractivity contribution in [2.75, 3.05) is 11.5 Å². The number of pyridine rings is 1. The molecule has 2 heterocycles. The van der Waals surface area contributed by atoms with Gasteiger partial charge in [-0.2, -0.15) is 23.4 Å². The van der Waals surface area contributed by atoms with Crippen molar-refractivity contribution in [3.8, 4) is 29.0 Å². The number of halogens is 3. The van der Waals surface area contributed by atoms with Crippen molar-refractivity contribution in [1.29, 1.82) is 5.26 Å². The van der Waals surface area contributed by atoms with Gasteiger partial charge in [-0.1, -0.05) is 0 Å². The molecule has 4 N–H and O–H groups in total. The third-order valence-electron chi connectivity index (χ3n) is 3.48. The number of nitrogens with zero attached hydrogens (tertiary/aromatic N) is 4. The molecule has 10 heteroatoms. The lowest BCUT2D eigenvalue weighted by atomic mass is 10.1. The molecule has 0 spiro atoms. The Bertz CT molecular complexity index is 1030. The number of rotatable bonds is 3. The van der Waals surface area contributed by atoms with Gasteiger partial charge in [0.25, 0.3) is 0 Å². The van der Waals surface area contributed by atoms with Gasteiger partial charge in [-0.15, -0.1) is 0 Å². The van der Waals surface area contributed by atoms with Crippen molar-refractivity contribution in [1.82, 2.24) is 15.0 Å². The fraction of sp³-hybridized carbons (Fsp3) is 0.0588. The van der Waals surface area contributed by atoms with E-state index in [0.717, 1.165) is 6.07 Å². The first kappa shape index (κ1) is 17.9. The molecule has 0 atom stereocenters. The smallest absolute Gasteiger partial charge is 0.421 e. The number of nitrogen functional groups attached to an aromatic ring is 2. The normalized spacial score (nSPS) is 11.0. The lowest BCUT2D eigenvalue weighted by molar-refractivity contribution is -0.138. The van der Waals surface area contributed by atoms with Gasteiger partial charge in [0, 0.05) is 11.8 Å². The van der Waals surface area contributed by atoms with Gasteiger partial charge in [-0.25, -0.2) is 9.97 Å². The van der Waals surface area contributed by atoms with Crippen LogP contribution in [0.5, 0.6) is 11.6 Å². The average Bonchev–Trinajstić information content (AvgIpc) is 2.61. The highest BCUT2D eigenvalue weighted by molar-refractivity contribution is 5.73. The highest BCUT2D eigenvalue weighted by Crippen LogP contribution is 2.37. The van der Waals surface area contributed by atoms with Crippen molar-refractivity contribution in [3.05, 3.63) is 53.7 Å². The van der Waals surface area contributed by atoms with E-state index in [2.05, 4.69) is 15.0 Å². The van der Waals surface area contributed by atoms with Crippen molar-refractivity contribution in [2.24, 2.45) is 0 Å². The Hall–Kier alpha value is -3.87. The molecule has 0 radical (unpaired) electrons. The number of anilines is 2. The van der Waals surface area contributed by atoms with E-state index in [1.54, 1.807) is 0 Å². The molecule has 0 saturated carbocycles. The second-order valence-corrected chi connectivity index (χ2v) is 5.28. The predicted octanol–water partition coefficient (Wildman–Crippen LogP) is 3.39. The van der Waals surface area contributed by atoms with Crippen LogP contribution in [0.3, 0.4) is 0 Å². The monoisotopic (exact) mass is 372 g/mol. The highest BCUT2D eigenvalue weighted by Gasteiger charge is 2.35. The van der Waals surface area contributed by atoms with Gasteiger partial charge in [0.15, 0.2) is 0 Å². The molecular formula is C17H11F3N6O. The second-order valence-electron chi connectivity index (χ2n) is 5.28. The summed E-state index contributed by atoms with van der Waals surface area (Å²) in [5, 5.41) is 9.22. The molecular weight excluding hydrogens is 361 g/mol. The van der Waals surface area contributed by atoms with E-state index < -0.39 is 17.6 Å². The van der Waals surface area contributed by atoms with Crippen LogP contribution in [0.2, 0.25) is 0 Å². The molecule has 0 saturated heterocycles. The summed E-state index contributed by atoms with van der Waals surface area (Å²) in [6.45, 7) is 0. The van der Waals surface area contributed by atoms with E-state index in [-0.39, 0.29) is 28.8 Å². The summed E-state index contributed by atoms with van der Waals surface area (Å²) in [6, 6.07) is 9.79. The zero-order valence-electron chi connectivity index (χ0n) is 13.5. The van der Waals surface area contributed by atoms with E-state index in [0.29, 0.717) is 5.56 Å². The maximum absolute atomic E-state index is 13.0. The minimum atomic E-state index is -4.60. The average molecular weight is 372 g/mol. The van der Waals surface area contributed by atoms with E-state index in [1.807, 2.05) is 6.07 Å². The van der Waals surface area contributed by atoms with Crippen molar-refractivity contribution in [2.45, 2.75) is 6.18 Å². The molecule has 0 unspecified atom stereocenters. The standard InChI is InChI=1S/C17H11F3N6O/c18-17(19,20)12-2-1-7-24-15(12)27-10-5-3-9(4-6-10)13-11(8-21)14(22)26-16(23)25-13/h1-7H,(H4,22,23,25,26). The van der Waals surface area contributed by atoms with Crippen LogP contribution < -0.4 is 16.2 Å². The van der Waals surface area contributed by atoms with E-state index in [1.165, 1.54) is 36.5 Å². The molecule has 0 aliphatic rings. The lowest BCUT2D eigenvalue weighted by Gasteiger charge is -2.12. The van der Waals surface area contributed by atoms with Gasteiger partial charge in [-0.05, 0) is 36.4 Å². The largest absolute Gasteiger partial charge is 0.438 e. The summed E-state index contributed by atoms with van der Waals surface area (Å²) in [5.74, 6) is -0.615. The fourth-order valence-corrected chi connectivity index (χ4v) is 2.30. The Morgan fingerprint density at radius 3 is 2.37 bits per heavy atom. The van der Waals surface area contributed by atoms with Crippen LogP contribution in [0, 0.1) is 11.3 Å². The van der Waals surface area contributed by atoms with Crippen molar-refractivity contribution >= 4 is 11.8 Å². The number of nitriles is 1. The quantitative estimate of drug-likeness (QED) is 0.722. The number of hydrogen-bond acceptors (Lipinski definition) is 7. The van der Waals surface area contributed by atoms with Crippen molar-refractivity contribution < 1.29 is 17.9 Å². The Morgan fingerprint density at radius 1 is 1.04 bits per heavy atom. The first-order valence-corrected chi connectivity index (χ1v) is 7.43. The van der Waals surface area contributed by atoms with Crippen LogP contribution in [0.25, 0.3) is 11.3 Å². The zero-order valence-corrected chi connectivity index (χ0v) is 13.5. The third kappa shape index (κ3) is 3.72. The number of aromatic nitrogens is 3. The first-order chi connectivity index (χ1) is 12.8. The second kappa shape index (κ2) is 6.80. The summed E-state index contributed by atoms with van der Waals surface area (Å²) < 4.78 is 44.3. The van der Waals surface area contributed by atoms with Gasteiger partial charge in [-0.3, -0.25) is 0 Å². The molecule has 0 bridgehead atoms. The molecule has 0 aliphatic heterocycles. The van der Waals surface area contributed by atoms with E-state index in [4.69, 9.17) is 16.2 Å². The van der Waals surface area contributed by atoms with Crippen LogP contribution in [-0.4, -0.2) is 15.0 Å². The molecule has 0 fully saturated rings. The Balaban J connectivity index is 1.94. The van der Waals surface area contributed by atoms with Gasteiger partial charge < -0.3 is 16.2 Å². The first-order valence-electron chi connectivity index (χ1n) is 7.43. The van der Waals surface area contributed by atoms with Crippen molar-refractivity contribution in [3.63, 3.8) is 0 Å². The molecule has 2 aromatic heterocycles. The summed E-state index contributed by atoms with van der Waals surface area (Å²) in [6.07, 6.45) is -3.40. The number of hydrogen-bond donors (Lipinski definition) is 2. The molecule has 3 rings (SSSR count). The summed E-state index contributed by atoms with van der Waals surface area (Å²) in [5.41, 5.74) is 11.0. The maximum Gasteiger partial charge on any atom is 0.421 e. The summed E-state index contributed by atoms with van der Waals surface area (Å²) in [7, 11) is 0. The predicted molar refractivity (Wildman–Crippen MR) is 90.3 cm³/mol. The van der Waals surface area contributed by atoms with E-state index in [9.17, 15) is 18.4 Å². The van der Waals surface area contributed by atoms with Gasteiger partial charge in [0.1, 0.15) is 28.8 Å². The molecule has 7 nitrogen and oxygen atoms in total. The Morgan fingerprint density at radius 2 is 1.74 bits per heavy atom. The molecule has 0 amide bonds. The van der Waals surface area contributed by atoms with Gasteiger partial charge in [0.2, 0.25) is 11.8 Å². The zero-order chi connectivity index (χ0) is 19.6. The minimum Gasteiger partial charge on any atom is -0.438 e. The SMILES string of the molecule is N#Cc1c(N)nc(N)nc1-c1ccc(Oc2ncccc2C(F)(F)F)cc1. The van der Waals surface area contributed by atoms with Crippen LogP contribution in [-0.2, 0) is 6.18 Å². The lowest BCUT2D eigenvalue weighted by Crippen LogP contribution is -2.08. The Kier molecular flexibility index (Phi) is 4.51. The van der Waals surface area contributed by atoms with Crippen LogP contribution in [0.4, 0.5) is 24.9 Å². The summed E-state index contributed by atoms with van der Waals surface area (Å²) in [4.78, 5) is 11.3. The minimum absolute atomic E-state index is 0.0435. The highest BCUT2D eigenvalue weighted by atomic mass is 19.4. The number of nitrogens with two attached hydrogens (primary N) is 2. The van der Waals surface area contributed by atoms with Crippen LogP contribution >= 0.6 is 0 Å². The molecule has 136 valence electrons. The molecule has 27 heavy (non-hydrogen) atoms. The Labute approximate surface area is 151 Å². The molecule has 3 aromatic rings. The number of alkyl halides is 3. The van der Waals surface area contributed by atoms with Gasteiger partial charge >= 0.3 is 6.18 Å². The molecule has 1 aromatic carbocycles. The fourth-order valence-electron chi connectivity index (χ4n) is 2.30. The number of ether oxygens (including phenoxy) is 1. The van der Waals surface area contributed by atoms with E-state index >= 15 is 0 Å².